The molecule has 0 spiro atoms. The predicted octanol–water partition coefficient (Wildman–Crippen LogP) is 8.27. The fourth-order valence-corrected chi connectivity index (χ4v) is 5.19. The lowest BCUT2D eigenvalue weighted by atomic mass is 10.0. The summed E-state index contributed by atoms with van der Waals surface area (Å²) in [5.74, 6) is 1.12. The number of nitriles is 2. The number of para-hydroxylation sites is 2. The van der Waals surface area contributed by atoms with Crippen molar-refractivity contribution in [2.75, 3.05) is 4.90 Å². The van der Waals surface area contributed by atoms with Crippen molar-refractivity contribution in [1.29, 1.82) is 10.5 Å². The Morgan fingerprint density at radius 1 is 0.833 bits per heavy atom. The summed E-state index contributed by atoms with van der Waals surface area (Å²) in [4.78, 5) is 10.5. The van der Waals surface area contributed by atoms with Crippen molar-refractivity contribution in [3.8, 4) is 40.4 Å². The molecule has 200 valence electrons. The number of rotatable bonds is 3. The van der Waals surface area contributed by atoms with Crippen LogP contribution in [0.1, 0.15) is 17.0 Å². The van der Waals surface area contributed by atoms with Gasteiger partial charge in [-0.15, -0.1) is 0 Å². The van der Waals surface area contributed by atoms with E-state index in [1.807, 2.05) is 54.6 Å². The van der Waals surface area contributed by atoms with E-state index in [4.69, 9.17) is 15.3 Å². The van der Waals surface area contributed by atoms with Gasteiger partial charge in [-0.25, -0.2) is 14.4 Å². The lowest BCUT2D eigenvalue weighted by Crippen LogP contribution is -2.22. The number of hydrogen-bond donors (Lipinski definition) is 0. The van der Waals surface area contributed by atoms with Crippen molar-refractivity contribution < 1.29 is 9.13 Å². The molecule has 1 aliphatic heterocycles. The number of nitrogens with zero attached hydrogens (tertiary/aromatic N) is 5. The van der Waals surface area contributed by atoms with Gasteiger partial charge in [-0.3, -0.25) is 0 Å². The van der Waals surface area contributed by atoms with Gasteiger partial charge in [0.1, 0.15) is 23.6 Å². The van der Waals surface area contributed by atoms with E-state index in [-0.39, 0.29) is 11.4 Å². The van der Waals surface area contributed by atoms with Crippen LogP contribution in [0, 0.1) is 35.4 Å². The lowest BCUT2D eigenvalue weighted by Gasteiger charge is -2.33. The molecule has 0 atom stereocenters. The number of fused-ring (bicyclic) bond motifs is 4. The zero-order chi connectivity index (χ0) is 29.4. The zero-order valence-corrected chi connectivity index (χ0v) is 22.6. The Bertz CT molecular complexity index is 2050. The van der Waals surface area contributed by atoms with Crippen LogP contribution in [0.25, 0.3) is 33.3 Å². The maximum atomic E-state index is 14.2. The maximum absolute atomic E-state index is 14.2. The molecular weight excluding hydrogens is 525 g/mol. The van der Waals surface area contributed by atoms with Gasteiger partial charge in [0.25, 0.3) is 0 Å². The molecule has 1 aliphatic carbocycles. The van der Waals surface area contributed by atoms with E-state index in [9.17, 15) is 4.39 Å². The van der Waals surface area contributed by atoms with Crippen molar-refractivity contribution in [2.45, 2.75) is 6.92 Å². The molecule has 0 unspecified atom stereocenters. The monoisotopic (exact) mass is 547 g/mol. The quantitative estimate of drug-likeness (QED) is 0.222. The van der Waals surface area contributed by atoms with E-state index in [1.54, 1.807) is 18.2 Å². The lowest BCUT2D eigenvalue weighted by molar-refractivity contribution is 0.431. The van der Waals surface area contributed by atoms with Crippen LogP contribution < -0.4 is 9.64 Å². The highest BCUT2D eigenvalue weighted by atomic mass is 19.1. The van der Waals surface area contributed by atoms with Crippen molar-refractivity contribution >= 4 is 22.1 Å². The van der Waals surface area contributed by atoms with Crippen LogP contribution >= 0.6 is 0 Å². The third-order valence-corrected chi connectivity index (χ3v) is 7.08. The SMILES string of the molecule is C=CC1=C(C=C)N(c2ccc(C)cc2)c2ccccc2O1.N#Cc1nc2c(nc1C#N)-c1c(F)ccc3cccc-2c13. The highest BCUT2D eigenvalue weighted by molar-refractivity contribution is 6.13. The molecule has 6 nitrogen and oxygen atoms in total. The molecule has 0 saturated carbocycles. The second-order valence-electron chi connectivity index (χ2n) is 9.57. The van der Waals surface area contributed by atoms with E-state index in [0.717, 1.165) is 39.2 Å². The number of ether oxygens (including phenoxy) is 1. The summed E-state index contributed by atoms with van der Waals surface area (Å²) in [6.45, 7) is 9.84. The zero-order valence-electron chi connectivity index (χ0n) is 22.6. The van der Waals surface area contributed by atoms with Crippen molar-refractivity contribution in [2.24, 2.45) is 0 Å². The van der Waals surface area contributed by atoms with Crippen molar-refractivity contribution in [3.63, 3.8) is 0 Å². The summed E-state index contributed by atoms with van der Waals surface area (Å²) >= 11 is 0. The molecule has 2 aliphatic rings. The second kappa shape index (κ2) is 10.5. The van der Waals surface area contributed by atoms with Gasteiger partial charge >= 0.3 is 0 Å². The van der Waals surface area contributed by atoms with Gasteiger partial charge in [0.15, 0.2) is 22.9 Å². The average molecular weight is 548 g/mol. The van der Waals surface area contributed by atoms with E-state index >= 15 is 0 Å². The molecule has 5 aromatic rings. The van der Waals surface area contributed by atoms with Crippen LogP contribution in [0.2, 0.25) is 0 Å². The Hall–Kier alpha value is -6.05. The third-order valence-electron chi connectivity index (χ3n) is 7.08. The highest BCUT2D eigenvalue weighted by Gasteiger charge is 2.29. The fourth-order valence-electron chi connectivity index (χ4n) is 5.19. The van der Waals surface area contributed by atoms with Crippen molar-refractivity contribution in [1.82, 2.24) is 9.97 Å². The van der Waals surface area contributed by atoms with E-state index in [1.165, 1.54) is 11.6 Å². The Labute approximate surface area is 242 Å². The first-order valence-electron chi connectivity index (χ1n) is 13.1. The van der Waals surface area contributed by atoms with Gasteiger partial charge < -0.3 is 9.64 Å². The minimum absolute atomic E-state index is 0.0403. The van der Waals surface area contributed by atoms with Gasteiger partial charge in [-0.2, -0.15) is 10.5 Å². The van der Waals surface area contributed by atoms with E-state index in [2.05, 4.69) is 59.2 Å². The van der Waals surface area contributed by atoms with Crippen LogP contribution in [0.15, 0.2) is 116 Å². The summed E-state index contributed by atoms with van der Waals surface area (Å²) in [6.07, 6.45) is 3.51. The summed E-state index contributed by atoms with van der Waals surface area (Å²) in [5, 5.41) is 19.7. The standard InChI is InChI=1S/C19H17NO.C16H5FN4/c1-4-16-18(5-2)21-19-9-7-6-8-17(19)20(16)15-12-10-14(3)11-13-15;17-10-5-4-8-2-1-3-9-13(8)14(10)16-15(9)20-11(6-18)12(7-19)21-16/h4-13H,1-2H2,3H3;1-5H. The normalized spacial score (nSPS) is 12.2. The van der Waals surface area contributed by atoms with E-state index < -0.39 is 5.82 Å². The van der Waals surface area contributed by atoms with Crippen molar-refractivity contribution in [3.05, 3.63) is 138 Å². The number of aryl methyl sites for hydroxylation is 1. The Kier molecular flexibility index (Phi) is 6.54. The Morgan fingerprint density at radius 2 is 1.55 bits per heavy atom. The molecule has 0 saturated heterocycles. The number of benzene rings is 4. The third kappa shape index (κ3) is 4.18. The molecule has 7 heteroatoms. The number of aromatic nitrogens is 2. The first-order chi connectivity index (χ1) is 20.5. The molecule has 42 heavy (non-hydrogen) atoms. The van der Waals surface area contributed by atoms with Crippen LogP contribution in [0.4, 0.5) is 15.8 Å². The Balaban J connectivity index is 0.000000150. The summed E-state index contributed by atoms with van der Waals surface area (Å²) in [7, 11) is 0. The summed E-state index contributed by atoms with van der Waals surface area (Å²) < 4.78 is 20.1. The van der Waals surface area contributed by atoms with Crippen LogP contribution in [-0.4, -0.2) is 9.97 Å². The summed E-state index contributed by atoms with van der Waals surface area (Å²) in [6, 6.07) is 28.7. The number of allylic oxidation sites excluding steroid dienone is 2. The van der Waals surface area contributed by atoms with Gasteiger partial charge in [0.05, 0.1) is 17.1 Å². The van der Waals surface area contributed by atoms with Crippen LogP contribution in [-0.2, 0) is 0 Å². The Morgan fingerprint density at radius 3 is 2.24 bits per heavy atom. The minimum atomic E-state index is -0.406. The molecule has 0 radical (unpaired) electrons. The number of halogens is 1. The molecule has 0 N–H and O–H groups in total. The predicted molar refractivity (Wildman–Crippen MR) is 161 cm³/mol. The minimum Gasteiger partial charge on any atom is -0.453 e. The molecule has 4 aromatic carbocycles. The highest BCUT2D eigenvalue weighted by Crippen LogP contribution is 2.46. The molecular formula is C35H22FN5O. The molecule has 7 rings (SSSR count). The second-order valence-corrected chi connectivity index (χ2v) is 9.57. The first-order valence-corrected chi connectivity index (χ1v) is 13.1. The maximum Gasteiger partial charge on any atom is 0.177 e. The molecule has 0 bridgehead atoms. The van der Waals surface area contributed by atoms with Crippen LogP contribution in [0.3, 0.4) is 0 Å². The fraction of sp³-hybridized carbons (Fsp3) is 0.0286. The topological polar surface area (TPSA) is 85.8 Å². The molecule has 1 aromatic heterocycles. The van der Waals surface area contributed by atoms with E-state index in [0.29, 0.717) is 22.7 Å². The summed E-state index contributed by atoms with van der Waals surface area (Å²) in [5.41, 5.74) is 5.96. The van der Waals surface area contributed by atoms with Gasteiger partial charge in [0.2, 0.25) is 0 Å². The number of anilines is 2. The van der Waals surface area contributed by atoms with Gasteiger partial charge in [-0.05, 0) is 54.8 Å². The smallest absolute Gasteiger partial charge is 0.177 e. The largest absolute Gasteiger partial charge is 0.453 e. The first kappa shape index (κ1) is 26.2. The van der Waals surface area contributed by atoms with Gasteiger partial charge in [-0.1, -0.05) is 67.3 Å². The molecule has 0 fully saturated rings. The van der Waals surface area contributed by atoms with Gasteiger partial charge in [0, 0.05) is 22.2 Å². The molecule has 2 heterocycles. The number of hydrogen-bond acceptors (Lipinski definition) is 6. The average Bonchev–Trinajstić information content (AvgIpc) is 3.36. The van der Waals surface area contributed by atoms with Crippen LogP contribution in [0.5, 0.6) is 5.75 Å². The molecule has 0 amide bonds.